The smallest absolute Gasteiger partial charge is 0.306 e. The van der Waals surface area contributed by atoms with Gasteiger partial charge in [-0.05, 0) is 66.1 Å². The van der Waals surface area contributed by atoms with Crippen LogP contribution in [0, 0.1) is 11.7 Å². The lowest BCUT2D eigenvalue weighted by molar-refractivity contribution is -0.141. The van der Waals surface area contributed by atoms with E-state index in [-0.39, 0.29) is 6.10 Å². The van der Waals surface area contributed by atoms with Crippen LogP contribution in [0.3, 0.4) is 0 Å². The van der Waals surface area contributed by atoms with Crippen LogP contribution in [0.15, 0.2) is 48.7 Å². The monoisotopic (exact) mass is 582 g/mol. The highest BCUT2D eigenvalue weighted by Gasteiger charge is 2.31. The molecule has 1 N–H and O–H groups in total. The first kappa shape index (κ1) is 29.0. The van der Waals surface area contributed by atoms with Crippen molar-refractivity contribution in [2.75, 3.05) is 26.5 Å². The predicted octanol–water partition coefficient (Wildman–Crippen LogP) is 4.84. The van der Waals surface area contributed by atoms with Crippen molar-refractivity contribution in [1.82, 2.24) is 9.88 Å². The Labute approximate surface area is 240 Å². The second kappa shape index (κ2) is 11.8. The molecule has 0 saturated carbocycles. The van der Waals surface area contributed by atoms with Crippen LogP contribution in [0.1, 0.15) is 48.1 Å². The molecule has 0 amide bonds. The Bertz CT molecular complexity index is 1560. The van der Waals surface area contributed by atoms with E-state index in [9.17, 15) is 18.3 Å². The van der Waals surface area contributed by atoms with Crippen LogP contribution >= 0.6 is 0 Å². The van der Waals surface area contributed by atoms with Crippen molar-refractivity contribution in [3.8, 4) is 22.8 Å². The van der Waals surface area contributed by atoms with Gasteiger partial charge in [0, 0.05) is 31.0 Å². The lowest BCUT2D eigenvalue weighted by atomic mass is 9.91. The quantitative estimate of drug-likeness (QED) is 0.382. The van der Waals surface area contributed by atoms with Gasteiger partial charge in [0.15, 0.2) is 9.84 Å². The lowest BCUT2D eigenvalue weighted by Crippen LogP contribution is -2.26. The van der Waals surface area contributed by atoms with E-state index < -0.39 is 32.8 Å². The number of fused-ring (bicyclic) bond motifs is 1. The van der Waals surface area contributed by atoms with Crippen molar-refractivity contribution in [3.63, 3.8) is 0 Å². The molecule has 41 heavy (non-hydrogen) atoms. The lowest BCUT2D eigenvalue weighted by Gasteiger charge is -2.28. The van der Waals surface area contributed by atoms with Crippen molar-refractivity contribution in [1.29, 1.82) is 0 Å². The maximum atomic E-state index is 15.0. The fourth-order valence-corrected chi connectivity index (χ4v) is 6.71. The minimum atomic E-state index is -3.15. The number of carbonyl (C=O) groups is 1. The Hall–Kier alpha value is -3.50. The molecule has 1 saturated heterocycles. The van der Waals surface area contributed by atoms with Gasteiger partial charge in [0.2, 0.25) is 5.88 Å². The summed E-state index contributed by atoms with van der Waals surface area (Å²) in [5.74, 6) is -0.750. The maximum absolute atomic E-state index is 15.0. The van der Waals surface area contributed by atoms with E-state index in [0.717, 1.165) is 47.0 Å². The Morgan fingerprint density at radius 2 is 2.00 bits per heavy atom. The number of aromatic nitrogens is 1. The molecule has 2 aromatic carbocycles. The van der Waals surface area contributed by atoms with Crippen LogP contribution in [-0.2, 0) is 34.0 Å². The van der Waals surface area contributed by atoms with Gasteiger partial charge < -0.3 is 14.6 Å². The number of likely N-dealkylation sites (tertiary alicyclic amines) is 1. The van der Waals surface area contributed by atoms with Crippen molar-refractivity contribution in [3.05, 3.63) is 76.7 Å². The van der Waals surface area contributed by atoms with E-state index in [2.05, 4.69) is 9.88 Å². The molecule has 0 spiro atoms. The third kappa shape index (κ3) is 6.54. The maximum Gasteiger partial charge on any atom is 0.306 e. The Morgan fingerprint density at radius 3 is 2.71 bits per heavy atom. The molecule has 2 aliphatic heterocycles. The van der Waals surface area contributed by atoms with E-state index >= 15 is 4.39 Å². The van der Waals surface area contributed by atoms with Crippen molar-refractivity contribution < 1.29 is 32.2 Å². The number of hydrogen-bond donors (Lipinski definition) is 1. The zero-order valence-electron chi connectivity index (χ0n) is 23.5. The Morgan fingerprint density at radius 1 is 1.20 bits per heavy atom. The van der Waals surface area contributed by atoms with Gasteiger partial charge in [0.25, 0.3) is 0 Å². The fourth-order valence-electron chi connectivity index (χ4n) is 5.69. The van der Waals surface area contributed by atoms with Gasteiger partial charge in [-0.15, -0.1) is 0 Å². The van der Waals surface area contributed by atoms with Crippen LogP contribution in [0.25, 0.3) is 11.1 Å². The summed E-state index contributed by atoms with van der Waals surface area (Å²) < 4.78 is 51.1. The number of aliphatic carboxylic acids is 1. The molecule has 3 atom stereocenters. The molecular formula is C31H35FN2O6S. The average molecular weight is 583 g/mol. The highest BCUT2D eigenvalue weighted by Crippen LogP contribution is 2.38. The van der Waals surface area contributed by atoms with E-state index in [1.165, 1.54) is 13.4 Å². The van der Waals surface area contributed by atoms with E-state index in [1.54, 1.807) is 13.0 Å². The standard InChI is InChI=1S/C31H35FN2O6S/c1-19(31(35)36)12-20-4-5-21-7-9-28(40-29(21)13-20)22-6-8-25(26-15-30(39-2)33-16-27(26)32)23(14-22)17-34-11-10-24(18-34)41(3,37)38/h4-6,8,13-16,19,24,28H,7,9-12,17-18H2,1-3H3,(H,35,36)/t19-,24-,28?/m0/s1. The number of halogens is 1. The van der Waals surface area contributed by atoms with Gasteiger partial charge in [-0.2, -0.15) is 0 Å². The number of hydrogen-bond acceptors (Lipinski definition) is 7. The number of methoxy groups -OCH3 is 1. The molecule has 0 aliphatic carbocycles. The molecule has 1 fully saturated rings. The van der Waals surface area contributed by atoms with Crippen LogP contribution in [0.4, 0.5) is 4.39 Å². The molecule has 0 radical (unpaired) electrons. The molecule has 8 nitrogen and oxygen atoms in total. The number of nitrogens with zero attached hydrogens (tertiary/aromatic N) is 2. The first-order valence-corrected chi connectivity index (χ1v) is 15.7. The summed E-state index contributed by atoms with van der Waals surface area (Å²) in [6.45, 7) is 3.21. The van der Waals surface area contributed by atoms with Gasteiger partial charge in [-0.1, -0.05) is 37.3 Å². The second-order valence-electron chi connectivity index (χ2n) is 11.1. The molecule has 3 heterocycles. The fraction of sp³-hybridized carbons (Fsp3) is 0.419. The predicted molar refractivity (Wildman–Crippen MR) is 153 cm³/mol. The number of ether oxygens (including phenoxy) is 2. The summed E-state index contributed by atoms with van der Waals surface area (Å²) in [6, 6.07) is 13.3. The summed E-state index contributed by atoms with van der Waals surface area (Å²) in [6.07, 6.45) is 4.74. The number of aryl methyl sites for hydroxylation is 1. The molecule has 218 valence electrons. The van der Waals surface area contributed by atoms with E-state index in [0.29, 0.717) is 49.5 Å². The number of rotatable bonds is 9. The summed E-state index contributed by atoms with van der Waals surface area (Å²) in [7, 11) is -1.67. The second-order valence-corrected chi connectivity index (χ2v) is 13.5. The highest BCUT2D eigenvalue weighted by atomic mass is 32.2. The number of carboxylic acid groups (broad SMARTS) is 1. The summed E-state index contributed by atoms with van der Waals surface area (Å²) >= 11 is 0. The van der Waals surface area contributed by atoms with Gasteiger partial charge in [-0.3, -0.25) is 9.69 Å². The Kier molecular flexibility index (Phi) is 8.33. The topological polar surface area (TPSA) is 106 Å². The van der Waals surface area contributed by atoms with Crippen molar-refractivity contribution in [2.24, 2.45) is 5.92 Å². The minimum absolute atomic E-state index is 0.235. The number of carboxylic acids is 1. The average Bonchev–Trinajstić information content (AvgIpc) is 3.42. The molecule has 10 heteroatoms. The van der Waals surface area contributed by atoms with Crippen molar-refractivity contribution in [2.45, 2.75) is 50.5 Å². The minimum Gasteiger partial charge on any atom is -0.485 e. The van der Waals surface area contributed by atoms with E-state index in [4.69, 9.17) is 9.47 Å². The number of pyridine rings is 1. The number of sulfone groups is 1. The molecule has 0 bridgehead atoms. The summed E-state index contributed by atoms with van der Waals surface area (Å²) in [5.41, 5.74) is 4.85. The van der Waals surface area contributed by atoms with Gasteiger partial charge in [0.05, 0.1) is 24.5 Å². The highest BCUT2D eigenvalue weighted by molar-refractivity contribution is 7.91. The van der Waals surface area contributed by atoms with Gasteiger partial charge in [-0.25, -0.2) is 17.8 Å². The molecule has 1 aromatic heterocycles. The third-order valence-corrected chi connectivity index (χ3v) is 9.70. The first-order chi connectivity index (χ1) is 19.5. The molecule has 2 aliphatic rings. The number of benzene rings is 2. The van der Waals surface area contributed by atoms with Crippen LogP contribution in [0.2, 0.25) is 0 Å². The zero-order valence-corrected chi connectivity index (χ0v) is 24.3. The van der Waals surface area contributed by atoms with Crippen LogP contribution in [-0.4, -0.2) is 61.1 Å². The van der Waals surface area contributed by atoms with E-state index in [1.807, 2.05) is 36.4 Å². The SMILES string of the molecule is COc1cc(-c2ccc(C3CCc4ccc(C[C@H](C)C(=O)O)cc4O3)cc2CN2CC[C@H](S(C)(=O)=O)C2)c(F)cn1. The molecular weight excluding hydrogens is 547 g/mol. The van der Waals surface area contributed by atoms with Gasteiger partial charge in [0.1, 0.15) is 17.7 Å². The summed E-state index contributed by atoms with van der Waals surface area (Å²) in [4.78, 5) is 17.4. The normalized spacial score (nSPS) is 19.8. The summed E-state index contributed by atoms with van der Waals surface area (Å²) in [5, 5.41) is 8.89. The van der Waals surface area contributed by atoms with Crippen LogP contribution < -0.4 is 9.47 Å². The Balaban J connectivity index is 1.46. The largest absolute Gasteiger partial charge is 0.485 e. The third-order valence-electron chi connectivity index (χ3n) is 8.10. The van der Waals surface area contributed by atoms with Crippen LogP contribution in [0.5, 0.6) is 11.6 Å². The molecule has 1 unspecified atom stereocenters. The molecule has 5 rings (SSSR count). The first-order valence-electron chi connectivity index (χ1n) is 13.8. The molecule has 3 aromatic rings. The van der Waals surface area contributed by atoms with Gasteiger partial charge >= 0.3 is 5.97 Å². The van der Waals surface area contributed by atoms with Crippen molar-refractivity contribution >= 4 is 15.8 Å². The zero-order chi connectivity index (χ0) is 29.3.